The summed E-state index contributed by atoms with van der Waals surface area (Å²) < 4.78 is 42.8. The van der Waals surface area contributed by atoms with Crippen LogP contribution < -0.4 is 10.5 Å². The van der Waals surface area contributed by atoms with Crippen LogP contribution in [0.4, 0.5) is 18.9 Å². The minimum Gasteiger partial charge on any atom is -0.495 e. The third kappa shape index (κ3) is 3.16. The van der Waals surface area contributed by atoms with Gasteiger partial charge in [-0.25, -0.2) is 4.68 Å². The van der Waals surface area contributed by atoms with Crippen LogP contribution in [0, 0.1) is 0 Å². The Hall–Kier alpha value is -2.32. The standard InChI is InChI=1S/C11H12F3N5O/c1-20-9-3-2-7(6-8(9)15)10-16-17-18-19(10)5-4-11(12,13)14/h2-3,6H,4-5,15H2,1H3. The predicted molar refractivity (Wildman–Crippen MR) is 64.9 cm³/mol. The molecule has 0 atom stereocenters. The number of benzene rings is 1. The first-order chi connectivity index (χ1) is 9.40. The van der Waals surface area contributed by atoms with Gasteiger partial charge >= 0.3 is 6.18 Å². The molecule has 2 aromatic rings. The molecule has 108 valence electrons. The molecule has 20 heavy (non-hydrogen) atoms. The van der Waals surface area contributed by atoms with Crippen LogP contribution in [0.2, 0.25) is 0 Å². The molecule has 9 heteroatoms. The molecule has 0 aliphatic heterocycles. The quantitative estimate of drug-likeness (QED) is 0.869. The molecule has 0 amide bonds. The minimum atomic E-state index is -4.26. The van der Waals surface area contributed by atoms with Crippen molar-refractivity contribution in [3.05, 3.63) is 18.2 Å². The number of anilines is 1. The molecular formula is C11H12F3N5O. The van der Waals surface area contributed by atoms with Gasteiger partial charge in [0.15, 0.2) is 5.82 Å². The Morgan fingerprint density at radius 1 is 1.35 bits per heavy atom. The van der Waals surface area contributed by atoms with Gasteiger partial charge in [0.25, 0.3) is 0 Å². The minimum absolute atomic E-state index is 0.226. The summed E-state index contributed by atoms with van der Waals surface area (Å²) in [6.45, 7) is -0.349. The van der Waals surface area contributed by atoms with Crippen molar-refractivity contribution < 1.29 is 17.9 Å². The van der Waals surface area contributed by atoms with E-state index in [1.54, 1.807) is 18.2 Å². The van der Waals surface area contributed by atoms with Crippen LogP contribution in [0.5, 0.6) is 5.75 Å². The van der Waals surface area contributed by atoms with E-state index >= 15 is 0 Å². The van der Waals surface area contributed by atoms with Crippen molar-refractivity contribution in [3.63, 3.8) is 0 Å². The molecule has 0 saturated heterocycles. The zero-order valence-electron chi connectivity index (χ0n) is 10.6. The van der Waals surface area contributed by atoms with Gasteiger partial charge in [-0.2, -0.15) is 13.2 Å². The molecular weight excluding hydrogens is 275 g/mol. The largest absolute Gasteiger partial charge is 0.495 e. The molecule has 0 fully saturated rings. The Bertz CT molecular complexity index is 596. The summed E-state index contributed by atoms with van der Waals surface area (Å²) in [5, 5.41) is 10.7. The number of rotatable bonds is 4. The maximum absolute atomic E-state index is 12.2. The fraction of sp³-hybridized carbons (Fsp3) is 0.364. The molecule has 1 aromatic carbocycles. The van der Waals surface area contributed by atoms with Crippen molar-refractivity contribution in [2.45, 2.75) is 19.1 Å². The maximum atomic E-state index is 12.2. The molecule has 0 aliphatic carbocycles. The lowest BCUT2D eigenvalue weighted by molar-refractivity contribution is -0.137. The van der Waals surface area contributed by atoms with Crippen molar-refractivity contribution >= 4 is 5.69 Å². The van der Waals surface area contributed by atoms with E-state index < -0.39 is 12.6 Å². The molecule has 0 unspecified atom stereocenters. The second kappa shape index (κ2) is 5.35. The zero-order valence-corrected chi connectivity index (χ0v) is 10.6. The topological polar surface area (TPSA) is 78.9 Å². The fourth-order valence-corrected chi connectivity index (χ4v) is 1.67. The second-order valence-electron chi connectivity index (χ2n) is 4.05. The van der Waals surface area contributed by atoms with Crippen LogP contribution in [0.25, 0.3) is 11.4 Å². The number of methoxy groups -OCH3 is 1. The number of nitrogen functional groups attached to an aromatic ring is 1. The first-order valence-electron chi connectivity index (χ1n) is 5.67. The maximum Gasteiger partial charge on any atom is 0.390 e. The van der Waals surface area contributed by atoms with Crippen molar-refractivity contribution in [2.24, 2.45) is 0 Å². The van der Waals surface area contributed by atoms with E-state index in [9.17, 15) is 13.2 Å². The SMILES string of the molecule is COc1ccc(-c2nnnn2CCC(F)(F)F)cc1N. The highest BCUT2D eigenvalue weighted by Crippen LogP contribution is 2.27. The Labute approximate surface area is 112 Å². The smallest absolute Gasteiger partial charge is 0.390 e. The van der Waals surface area contributed by atoms with E-state index in [0.29, 0.717) is 17.0 Å². The number of nitrogens with zero attached hydrogens (tertiary/aromatic N) is 4. The lowest BCUT2D eigenvalue weighted by atomic mass is 10.1. The molecule has 2 rings (SSSR count). The second-order valence-corrected chi connectivity index (χ2v) is 4.05. The lowest BCUT2D eigenvalue weighted by Gasteiger charge is -2.09. The Kier molecular flexibility index (Phi) is 3.77. The van der Waals surface area contributed by atoms with Gasteiger partial charge in [-0.3, -0.25) is 0 Å². The number of aryl methyl sites for hydroxylation is 1. The summed E-state index contributed by atoms with van der Waals surface area (Å²) in [5.74, 6) is 0.701. The molecule has 1 heterocycles. The number of ether oxygens (including phenoxy) is 1. The summed E-state index contributed by atoms with van der Waals surface area (Å²) in [5.41, 5.74) is 6.63. The molecule has 1 aromatic heterocycles. The molecule has 0 spiro atoms. The summed E-state index contributed by atoms with van der Waals surface area (Å²) in [6.07, 6.45) is -5.27. The van der Waals surface area contributed by atoms with Crippen LogP contribution >= 0.6 is 0 Å². The van der Waals surface area contributed by atoms with Crippen LogP contribution in [0.15, 0.2) is 18.2 Å². The lowest BCUT2D eigenvalue weighted by Crippen LogP contribution is -2.14. The van der Waals surface area contributed by atoms with E-state index in [0.717, 1.165) is 4.68 Å². The molecule has 2 N–H and O–H groups in total. The number of aromatic nitrogens is 4. The van der Waals surface area contributed by atoms with E-state index in [2.05, 4.69) is 15.5 Å². The van der Waals surface area contributed by atoms with Gasteiger partial charge in [-0.15, -0.1) is 5.10 Å². The monoisotopic (exact) mass is 287 g/mol. The van der Waals surface area contributed by atoms with Crippen molar-refractivity contribution in [1.82, 2.24) is 20.2 Å². The number of halogens is 3. The highest BCUT2D eigenvalue weighted by molar-refractivity contribution is 5.66. The van der Waals surface area contributed by atoms with E-state index in [1.165, 1.54) is 7.11 Å². The molecule has 6 nitrogen and oxygen atoms in total. The predicted octanol–water partition coefficient (Wildman–Crippen LogP) is 1.88. The van der Waals surface area contributed by atoms with Crippen molar-refractivity contribution in [1.29, 1.82) is 0 Å². The number of tetrazole rings is 1. The average molecular weight is 287 g/mol. The van der Waals surface area contributed by atoms with Gasteiger partial charge in [-0.1, -0.05) is 0 Å². The summed E-state index contributed by atoms with van der Waals surface area (Å²) in [6, 6.07) is 4.78. The average Bonchev–Trinajstić information content (AvgIpc) is 2.83. The van der Waals surface area contributed by atoms with E-state index in [1.807, 2.05) is 0 Å². The Morgan fingerprint density at radius 2 is 2.10 bits per heavy atom. The van der Waals surface area contributed by atoms with E-state index in [-0.39, 0.29) is 12.4 Å². The third-order valence-electron chi connectivity index (χ3n) is 2.63. The van der Waals surface area contributed by atoms with Gasteiger partial charge in [0.1, 0.15) is 5.75 Å². The first-order valence-corrected chi connectivity index (χ1v) is 5.67. The molecule has 0 saturated carbocycles. The zero-order chi connectivity index (χ0) is 14.8. The Balaban J connectivity index is 2.25. The van der Waals surface area contributed by atoms with Crippen molar-refractivity contribution in [3.8, 4) is 17.1 Å². The van der Waals surface area contributed by atoms with Gasteiger partial charge in [0.2, 0.25) is 0 Å². The van der Waals surface area contributed by atoms with Gasteiger partial charge in [-0.05, 0) is 28.6 Å². The molecule has 0 aliphatic rings. The normalized spacial score (nSPS) is 11.6. The number of nitrogens with two attached hydrogens (primary N) is 1. The summed E-state index contributed by atoms with van der Waals surface area (Å²) in [7, 11) is 1.47. The summed E-state index contributed by atoms with van der Waals surface area (Å²) >= 11 is 0. The first kappa shape index (κ1) is 14.1. The summed E-state index contributed by atoms with van der Waals surface area (Å²) in [4.78, 5) is 0. The van der Waals surface area contributed by atoms with Gasteiger partial charge in [0, 0.05) is 5.56 Å². The molecule has 0 bridgehead atoms. The van der Waals surface area contributed by atoms with Crippen LogP contribution in [-0.4, -0.2) is 33.5 Å². The number of hydrogen-bond donors (Lipinski definition) is 1. The van der Waals surface area contributed by atoms with Gasteiger partial charge in [0.05, 0.1) is 25.8 Å². The highest BCUT2D eigenvalue weighted by atomic mass is 19.4. The third-order valence-corrected chi connectivity index (χ3v) is 2.63. The van der Waals surface area contributed by atoms with Crippen LogP contribution in [-0.2, 0) is 6.54 Å². The van der Waals surface area contributed by atoms with E-state index in [4.69, 9.17) is 10.5 Å². The van der Waals surface area contributed by atoms with Crippen LogP contribution in [0.3, 0.4) is 0 Å². The Morgan fingerprint density at radius 3 is 2.70 bits per heavy atom. The van der Waals surface area contributed by atoms with Crippen LogP contribution in [0.1, 0.15) is 6.42 Å². The molecule has 0 radical (unpaired) electrons. The van der Waals surface area contributed by atoms with Crippen molar-refractivity contribution in [2.75, 3.05) is 12.8 Å². The number of hydrogen-bond acceptors (Lipinski definition) is 5. The highest BCUT2D eigenvalue weighted by Gasteiger charge is 2.27. The number of alkyl halides is 3. The fourth-order valence-electron chi connectivity index (χ4n) is 1.67. The van der Waals surface area contributed by atoms with Gasteiger partial charge < -0.3 is 10.5 Å².